The van der Waals surface area contributed by atoms with Crippen molar-refractivity contribution < 1.29 is 9.53 Å². The first-order chi connectivity index (χ1) is 11.7. The van der Waals surface area contributed by atoms with Crippen molar-refractivity contribution in [3.63, 3.8) is 0 Å². The third kappa shape index (κ3) is 4.71. The molecule has 0 aromatic heterocycles. The molecule has 1 aliphatic rings. The van der Waals surface area contributed by atoms with Gasteiger partial charge in [0.05, 0.1) is 4.58 Å². The van der Waals surface area contributed by atoms with E-state index in [1.54, 1.807) is 0 Å². The maximum absolute atomic E-state index is 12.1. The second kappa shape index (κ2) is 8.49. The van der Waals surface area contributed by atoms with Gasteiger partial charge < -0.3 is 10.1 Å². The molecule has 1 heterocycles. The number of ether oxygens (including phenoxy) is 1. The Kier molecular flexibility index (Phi) is 6.10. The second-order valence-corrected chi connectivity index (χ2v) is 8.26. The average molecular weight is 360 g/mol. The molecule has 0 radical (unpaired) electrons. The van der Waals surface area contributed by atoms with Crippen LogP contribution in [-0.2, 0) is 11.2 Å². The monoisotopic (exact) mass is 359 g/mol. The molecule has 0 aliphatic carbocycles. The van der Waals surface area contributed by atoms with Gasteiger partial charge in [-0.3, -0.25) is 4.79 Å². The zero-order chi connectivity index (χ0) is 16.8. The Bertz CT molecular complexity index is 682. The molecule has 0 unspecified atom stereocenters. The molecule has 0 saturated carbocycles. The molecular formula is C19H21NO2S2. The molecule has 0 bridgehead atoms. The molecule has 0 spiro atoms. The number of carbonyl (C=O) groups is 1. The summed E-state index contributed by atoms with van der Waals surface area (Å²) in [4.78, 5) is 12.1. The highest BCUT2D eigenvalue weighted by Crippen LogP contribution is 2.45. The van der Waals surface area contributed by atoms with E-state index in [0.717, 1.165) is 17.9 Å². The van der Waals surface area contributed by atoms with Gasteiger partial charge in [-0.15, -0.1) is 23.5 Å². The van der Waals surface area contributed by atoms with Crippen LogP contribution in [0.25, 0.3) is 0 Å². The molecule has 0 atom stereocenters. The van der Waals surface area contributed by atoms with E-state index in [2.05, 4.69) is 24.4 Å². The van der Waals surface area contributed by atoms with E-state index in [0.29, 0.717) is 4.58 Å². The first-order valence-electron chi connectivity index (χ1n) is 8.09. The summed E-state index contributed by atoms with van der Waals surface area (Å²) in [5.74, 6) is 2.96. The number of anilines is 1. The normalized spacial score (nSPS) is 14.5. The topological polar surface area (TPSA) is 38.3 Å². The van der Waals surface area contributed by atoms with Gasteiger partial charge in [0.25, 0.3) is 5.91 Å². The van der Waals surface area contributed by atoms with Crippen molar-refractivity contribution in [1.29, 1.82) is 0 Å². The van der Waals surface area contributed by atoms with E-state index >= 15 is 0 Å². The summed E-state index contributed by atoms with van der Waals surface area (Å²) in [6, 6.07) is 15.9. The van der Waals surface area contributed by atoms with E-state index in [-0.39, 0.29) is 12.5 Å². The van der Waals surface area contributed by atoms with Gasteiger partial charge in [-0.25, -0.2) is 0 Å². The SMILES string of the molecule is CCc1ccc(OCC(=O)Nc2cccc(C3SCCS3)c2)cc1. The van der Waals surface area contributed by atoms with Crippen molar-refractivity contribution in [3.8, 4) is 5.75 Å². The fourth-order valence-electron chi connectivity index (χ4n) is 2.48. The van der Waals surface area contributed by atoms with Crippen molar-refractivity contribution in [3.05, 3.63) is 59.7 Å². The first-order valence-corrected chi connectivity index (χ1v) is 10.2. The van der Waals surface area contributed by atoms with Crippen LogP contribution in [0, 0.1) is 0 Å². The summed E-state index contributed by atoms with van der Waals surface area (Å²) < 4.78 is 6.03. The van der Waals surface area contributed by atoms with Gasteiger partial charge in [0, 0.05) is 17.2 Å². The lowest BCUT2D eigenvalue weighted by Gasteiger charge is -2.11. The molecular weight excluding hydrogens is 338 g/mol. The van der Waals surface area contributed by atoms with Crippen LogP contribution in [0.4, 0.5) is 5.69 Å². The van der Waals surface area contributed by atoms with E-state index in [1.165, 1.54) is 22.6 Å². The number of benzene rings is 2. The van der Waals surface area contributed by atoms with Gasteiger partial charge in [-0.2, -0.15) is 0 Å². The molecule has 1 N–H and O–H groups in total. The Hall–Kier alpha value is -1.59. The van der Waals surface area contributed by atoms with Crippen molar-refractivity contribution in [2.24, 2.45) is 0 Å². The van der Waals surface area contributed by atoms with Crippen molar-refractivity contribution in [1.82, 2.24) is 0 Å². The third-order valence-corrected chi connectivity index (χ3v) is 6.87. The Labute approximate surface area is 151 Å². The summed E-state index contributed by atoms with van der Waals surface area (Å²) in [7, 11) is 0. The quantitative estimate of drug-likeness (QED) is 0.808. The second-order valence-electron chi connectivity index (χ2n) is 5.53. The molecule has 5 heteroatoms. The Balaban J connectivity index is 1.53. The number of rotatable bonds is 6. The molecule has 126 valence electrons. The lowest BCUT2D eigenvalue weighted by molar-refractivity contribution is -0.118. The van der Waals surface area contributed by atoms with Crippen LogP contribution < -0.4 is 10.1 Å². The number of nitrogens with one attached hydrogen (secondary N) is 1. The lowest BCUT2D eigenvalue weighted by Crippen LogP contribution is -2.20. The largest absolute Gasteiger partial charge is 0.484 e. The van der Waals surface area contributed by atoms with Crippen LogP contribution in [0.1, 0.15) is 22.6 Å². The van der Waals surface area contributed by atoms with Crippen LogP contribution in [-0.4, -0.2) is 24.0 Å². The lowest BCUT2D eigenvalue weighted by atomic mass is 10.2. The molecule has 1 saturated heterocycles. The number of hydrogen-bond acceptors (Lipinski definition) is 4. The van der Waals surface area contributed by atoms with Crippen LogP contribution in [0.2, 0.25) is 0 Å². The summed E-state index contributed by atoms with van der Waals surface area (Å²) in [6.45, 7) is 2.13. The summed E-state index contributed by atoms with van der Waals surface area (Å²) in [6.07, 6.45) is 0.995. The number of carbonyl (C=O) groups excluding carboxylic acids is 1. The Morgan fingerprint density at radius 3 is 2.62 bits per heavy atom. The summed E-state index contributed by atoms with van der Waals surface area (Å²) in [5, 5.41) is 2.92. The number of hydrogen-bond donors (Lipinski definition) is 1. The highest BCUT2D eigenvalue weighted by Gasteiger charge is 2.18. The highest BCUT2D eigenvalue weighted by molar-refractivity contribution is 8.19. The average Bonchev–Trinajstić information content (AvgIpc) is 3.15. The van der Waals surface area contributed by atoms with E-state index in [9.17, 15) is 4.79 Å². The Morgan fingerprint density at radius 2 is 1.92 bits per heavy atom. The molecule has 2 aromatic carbocycles. The number of thioether (sulfide) groups is 2. The summed E-state index contributed by atoms with van der Waals surface area (Å²) in [5.41, 5.74) is 3.35. The van der Waals surface area contributed by atoms with E-state index in [1.807, 2.05) is 59.9 Å². The minimum absolute atomic E-state index is 0.0165. The standard InChI is InChI=1S/C19H21NO2S2/c1-2-14-6-8-17(9-7-14)22-13-18(21)20-16-5-3-4-15(12-16)19-23-10-11-24-19/h3-9,12,19H,2,10-11,13H2,1H3,(H,20,21). The zero-order valence-electron chi connectivity index (χ0n) is 13.7. The smallest absolute Gasteiger partial charge is 0.262 e. The zero-order valence-corrected chi connectivity index (χ0v) is 15.3. The van der Waals surface area contributed by atoms with Crippen LogP contribution in [0.15, 0.2) is 48.5 Å². The minimum atomic E-state index is -0.140. The maximum Gasteiger partial charge on any atom is 0.262 e. The molecule has 2 aromatic rings. The summed E-state index contributed by atoms with van der Waals surface area (Å²) >= 11 is 3.92. The van der Waals surface area contributed by atoms with E-state index < -0.39 is 0 Å². The van der Waals surface area contributed by atoms with Crippen molar-refractivity contribution >= 4 is 35.1 Å². The van der Waals surface area contributed by atoms with Gasteiger partial charge in [-0.1, -0.05) is 31.2 Å². The maximum atomic E-state index is 12.1. The van der Waals surface area contributed by atoms with Gasteiger partial charge >= 0.3 is 0 Å². The molecule has 1 fully saturated rings. The van der Waals surface area contributed by atoms with Crippen LogP contribution in [0.3, 0.4) is 0 Å². The van der Waals surface area contributed by atoms with Gasteiger partial charge in [0.2, 0.25) is 0 Å². The number of aryl methyl sites for hydroxylation is 1. The third-order valence-electron chi connectivity index (χ3n) is 3.77. The molecule has 3 rings (SSSR count). The minimum Gasteiger partial charge on any atom is -0.484 e. The van der Waals surface area contributed by atoms with Gasteiger partial charge in [0.1, 0.15) is 5.75 Å². The predicted octanol–water partition coefficient (Wildman–Crippen LogP) is 4.75. The first kappa shape index (κ1) is 17.2. The fourth-order valence-corrected chi connectivity index (χ4v) is 5.32. The molecule has 1 aliphatic heterocycles. The van der Waals surface area contributed by atoms with Crippen molar-refractivity contribution in [2.75, 3.05) is 23.4 Å². The van der Waals surface area contributed by atoms with Crippen molar-refractivity contribution in [2.45, 2.75) is 17.9 Å². The molecule has 24 heavy (non-hydrogen) atoms. The molecule has 3 nitrogen and oxygen atoms in total. The highest BCUT2D eigenvalue weighted by atomic mass is 32.2. The van der Waals surface area contributed by atoms with Crippen LogP contribution in [0.5, 0.6) is 5.75 Å². The fraction of sp³-hybridized carbons (Fsp3) is 0.316. The number of amides is 1. The Morgan fingerprint density at radius 1 is 1.17 bits per heavy atom. The predicted molar refractivity (Wildman–Crippen MR) is 104 cm³/mol. The van der Waals surface area contributed by atoms with Gasteiger partial charge in [0.15, 0.2) is 6.61 Å². The molecule has 1 amide bonds. The van der Waals surface area contributed by atoms with Crippen LogP contribution >= 0.6 is 23.5 Å². The van der Waals surface area contributed by atoms with E-state index in [4.69, 9.17) is 4.74 Å². The van der Waals surface area contributed by atoms with Gasteiger partial charge in [-0.05, 0) is 41.8 Å².